The molecule has 4 aromatic carbocycles. The van der Waals surface area contributed by atoms with Gasteiger partial charge in [-0.3, -0.25) is 5.32 Å². The van der Waals surface area contributed by atoms with E-state index < -0.39 is 23.6 Å². The van der Waals surface area contributed by atoms with Crippen LogP contribution < -0.4 is 20.5 Å². The minimum Gasteiger partial charge on any atom is -0.493 e. The first-order valence-corrected chi connectivity index (χ1v) is 19.6. The van der Waals surface area contributed by atoms with E-state index in [0.29, 0.717) is 70.0 Å². The van der Waals surface area contributed by atoms with Crippen LogP contribution in [0.4, 0.5) is 16.2 Å². The normalized spacial score (nSPS) is 12.7. The first-order chi connectivity index (χ1) is 30.3. The second-order valence-electron chi connectivity index (χ2n) is 15.5. The van der Waals surface area contributed by atoms with Crippen LogP contribution in [0.3, 0.4) is 0 Å². The SMILES string of the molecule is CC(C)(C)OC(=O)Nc1c2ccoc2cc2ccoc12.Nc1c2ccoc2cc2ccoc12.O=C(O)c1c2c(cc3c1OCC3)OCC2.O=C(O)c1c2ccoc2cc2ccoc12. The van der Waals surface area contributed by atoms with E-state index in [9.17, 15) is 19.5 Å². The Labute approximate surface area is 355 Å². The molecule has 16 heteroatoms. The Kier molecular flexibility index (Phi) is 10.2. The van der Waals surface area contributed by atoms with Gasteiger partial charge in [-0.25, -0.2) is 14.4 Å². The second-order valence-corrected chi connectivity index (χ2v) is 15.5. The van der Waals surface area contributed by atoms with Crippen LogP contribution >= 0.6 is 0 Å². The summed E-state index contributed by atoms with van der Waals surface area (Å²) in [7, 11) is 0. The van der Waals surface area contributed by atoms with Crippen LogP contribution in [-0.2, 0) is 17.6 Å². The van der Waals surface area contributed by atoms with E-state index in [0.717, 1.165) is 61.4 Å². The van der Waals surface area contributed by atoms with Gasteiger partial charge in [-0.05, 0) is 81.4 Å². The van der Waals surface area contributed by atoms with Crippen molar-refractivity contribution in [1.82, 2.24) is 0 Å². The Balaban J connectivity index is 0.000000108. The number of aromatic carboxylic acids is 2. The summed E-state index contributed by atoms with van der Waals surface area (Å²) in [5.41, 5.74) is 12.5. The Morgan fingerprint density at radius 3 is 1.79 bits per heavy atom. The van der Waals surface area contributed by atoms with Crippen molar-refractivity contribution in [3.05, 3.63) is 120 Å². The molecule has 0 spiro atoms. The molecule has 6 aromatic heterocycles. The van der Waals surface area contributed by atoms with E-state index in [1.54, 1.807) is 49.3 Å². The molecule has 2 aliphatic heterocycles. The second kappa shape index (κ2) is 16.0. The minimum absolute atomic E-state index is 0.154. The molecule has 0 saturated carbocycles. The molecule has 63 heavy (non-hydrogen) atoms. The Morgan fingerprint density at radius 1 is 0.619 bits per heavy atom. The summed E-state index contributed by atoms with van der Waals surface area (Å²) in [6.45, 7) is 6.57. The molecule has 12 rings (SSSR count). The fourth-order valence-electron chi connectivity index (χ4n) is 7.60. The summed E-state index contributed by atoms with van der Waals surface area (Å²) in [6, 6.07) is 18.1. The van der Waals surface area contributed by atoms with Crippen molar-refractivity contribution in [3.8, 4) is 11.5 Å². The summed E-state index contributed by atoms with van der Waals surface area (Å²) in [4.78, 5) is 34.3. The van der Waals surface area contributed by atoms with Crippen LogP contribution in [0.15, 0.2) is 125 Å². The van der Waals surface area contributed by atoms with E-state index in [4.69, 9.17) is 51.6 Å². The van der Waals surface area contributed by atoms with Crippen LogP contribution in [0.25, 0.3) is 65.8 Å². The molecular weight excluding hydrogens is 817 g/mol. The van der Waals surface area contributed by atoms with Gasteiger partial charge in [0, 0.05) is 56.3 Å². The van der Waals surface area contributed by atoms with Crippen molar-refractivity contribution in [2.24, 2.45) is 0 Å². The minimum atomic E-state index is -1.01. The molecule has 320 valence electrons. The van der Waals surface area contributed by atoms with Crippen molar-refractivity contribution in [3.63, 3.8) is 0 Å². The number of anilines is 2. The van der Waals surface area contributed by atoms with Crippen LogP contribution in [0.5, 0.6) is 11.5 Å². The van der Waals surface area contributed by atoms with Gasteiger partial charge in [-0.2, -0.15) is 0 Å². The van der Waals surface area contributed by atoms with Crippen molar-refractivity contribution >= 4 is 95.2 Å². The molecule has 0 fully saturated rings. The van der Waals surface area contributed by atoms with E-state index in [2.05, 4.69) is 5.32 Å². The standard InChI is InChI=1S/C15H15NO4.C11H10O4.C11H6O4.C10H7NO2/c1-15(2,3)20-14(17)16-12-10-5-7-18-11(10)8-9-4-6-19-13(9)12;2*12-11(13)9-7-2-4-14-8(7)5-6-1-3-15-10(6)9;11-9-7-2-4-12-8(7)5-6-1-3-13-10(6)9/h4-8H,1-3H3,(H,16,17);5H,1-4H2,(H,12,13);1-5H,(H,12,13);1-5H,11H2. The third-order valence-electron chi connectivity index (χ3n) is 10.3. The lowest BCUT2D eigenvalue weighted by molar-refractivity contribution is 0.0632. The molecule has 8 heterocycles. The van der Waals surface area contributed by atoms with Crippen LogP contribution in [0, 0.1) is 0 Å². The fourth-order valence-corrected chi connectivity index (χ4v) is 7.60. The summed E-state index contributed by atoms with van der Waals surface area (Å²) in [5, 5.41) is 25.8. The number of benzene rings is 4. The maximum Gasteiger partial charge on any atom is 0.412 e. The molecule has 2 aliphatic rings. The van der Waals surface area contributed by atoms with Gasteiger partial charge in [0.2, 0.25) is 0 Å². The number of furan rings is 6. The highest BCUT2D eigenvalue weighted by Gasteiger charge is 2.30. The average molecular weight is 855 g/mol. The topological polar surface area (TPSA) is 236 Å². The van der Waals surface area contributed by atoms with E-state index in [1.807, 2.05) is 57.2 Å². The van der Waals surface area contributed by atoms with Gasteiger partial charge < -0.3 is 56.7 Å². The number of ether oxygens (including phenoxy) is 3. The van der Waals surface area contributed by atoms with Gasteiger partial charge in [-0.1, -0.05) is 0 Å². The fraction of sp³-hybridized carbons (Fsp3) is 0.170. The lowest BCUT2D eigenvalue weighted by Gasteiger charge is -2.19. The lowest BCUT2D eigenvalue weighted by Crippen LogP contribution is -2.27. The largest absolute Gasteiger partial charge is 0.493 e. The Bertz CT molecular complexity index is 3170. The number of hydrogen-bond donors (Lipinski definition) is 4. The van der Waals surface area contributed by atoms with Gasteiger partial charge in [0.25, 0.3) is 0 Å². The number of nitrogens with two attached hydrogens (primary N) is 1. The predicted molar refractivity (Wildman–Crippen MR) is 231 cm³/mol. The highest BCUT2D eigenvalue weighted by Crippen LogP contribution is 2.41. The number of hydrogen-bond acceptors (Lipinski definition) is 13. The smallest absolute Gasteiger partial charge is 0.412 e. The van der Waals surface area contributed by atoms with Gasteiger partial charge in [0.1, 0.15) is 50.6 Å². The molecule has 0 saturated heterocycles. The highest BCUT2D eigenvalue weighted by molar-refractivity contribution is 6.13. The maximum absolute atomic E-state index is 12.0. The van der Waals surface area contributed by atoms with Crippen molar-refractivity contribution in [2.75, 3.05) is 24.3 Å². The molecular formula is C47H38N2O14. The van der Waals surface area contributed by atoms with Gasteiger partial charge in [-0.15, -0.1) is 0 Å². The van der Waals surface area contributed by atoms with Crippen LogP contribution in [0.1, 0.15) is 52.6 Å². The Hall–Kier alpha value is -8.27. The van der Waals surface area contributed by atoms with Crippen molar-refractivity contribution in [2.45, 2.75) is 39.2 Å². The zero-order valence-electron chi connectivity index (χ0n) is 33.9. The summed E-state index contributed by atoms with van der Waals surface area (Å²) in [5.74, 6) is -0.666. The number of carbonyl (C=O) groups is 3. The maximum atomic E-state index is 12.0. The number of nitrogen functional groups attached to an aromatic ring is 1. The number of fused-ring (bicyclic) bond motifs is 8. The van der Waals surface area contributed by atoms with E-state index >= 15 is 0 Å². The highest BCUT2D eigenvalue weighted by atomic mass is 16.6. The molecule has 0 radical (unpaired) electrons. The number of carbonyl (C=O) groups excluding carboxylic acids is 1. The average Bonchev–Trinajstić information content (AvgIpc) is 4.06. The first kappa shape index (κ1) is 40.2. The van der Waals surface area contributed by atoms with Gasteiger partial charge in [0.15, 0.2) is 11.2 Å². The van der Waals surface area contributed by atoms with E-state index in [-0.39, 0.29) is 5.56 Å². The third-order valence-corrected chi connectivity index (χ3v) is 10.3. The van der Waals surface area contributed by atoms with Crippen molar-refractivity contribution in [1.29, 1.82) is 0 Å². The third kappa shape index (κ3) is 7.69. The predicted octanol–water partition coefficient (Wildman–Crippen LogP) is 11.4. The molecule has 0 bridgehead atoms. The van der Waals surface area contributed by atoms with Gasteiger partial charge in [0.05, 0.1) is 62.2 Å². The molecule has 0 unspecified atom stereocenters. The van der Waals surface area contributed by atoms with Crippen molar-refractivity contribution < 1.29 is 65.3 Å². The number of rotatable bonds is 3. The van der Waals surface area contributed by atoms with E-state index in [1.165, 1.54) is 12.5 Å². The summed E-state index contributed by atoms with van der Waals surface area (Å²) in [6.07, 6.45) is 10.2. The number of amides is 1. The zero-order chi connectivity index (χ0) is 44.0. The lowest BCUT2D eigenvalue weighted by atomic mass is 10.00. The molecule has 0 aliphatic carbocycles. The van der Waals surface area contributed by atoms with Gasteiger partial charge >= 0.3 is 18.0 Å². The summed E-state index contributed by atoms with van der Waals surface area (Å²) < 4.78 is 47.7. The first-order valence-electron chi connectivity index (χ1n) is 19.6. The van der Waals surface area contributed by atoms with Crippen LogP contribution in [0.2, 0.25) is 0 Å². The molecule has 0 atom stereocenters. The monoisotopic (exact) mass is 854 g/mol. The molecule has 16 nitrogen and oxygen atoms in total. The number of carboxylic acids is 2. The summed E-state index contributed by atoms with van der Waals surface area (Å²) >= 11 is 0. The molecule has 1 amide bonds. The number of nitrogens with one attached hydrogen (secondary N) is 1. The quantitative estimate of drug-likeness (QED) is 0.121. The molecule has 10 aromatic rings. The van der Waals surface area contributed by atoms with Crippen LogP contribution in [-0.4, -0.2) is 47.1 Å². The molecule has 5 N–H and O–H groups in total. The zero-order valence-corrected chi connectivity index (χ0v) is 33.9. The number of carboxylic acid groups (broad SMARTS) is 2. The Morgan fingerprint density at radius 2 is 1.14 bits per heavy atom.